The molecule has 0 heterocycles. The number of rotatable bonds is 5. The summed E-state index contributed by atoms with van der Waals surface area (Å²) < 4.78 is 0. The van der Waals surface area contributed by atoms with Crippen LogP contribution in [0.25, 0.3) is 0 Å². The summed E-state index contributed by atoms with van der Waals surface area (Å²) in [6, 6.07) is -0.396. The van der Waals surface area contributed by atoms with Crippen LogP contribution in [0.2, 0.25) is 0 Å². The second-order valence-electron chi connectivity index (χ2n) is 5.48. The van der Waals surface area contributed by atoms with E-state index in [-0.39, 0.29) is 18.5 Å². The zero-order valence-electron chi connectivity index (χ0n) is 11.4. The van der Waals surface area contributed by atoms with Gasteiger partial charge in [-0.2, -0.15) is 0 Å². The Morgan fingerprint density at radius 3 is 2.53 bits per heavy atom. The Labute approximate surface area is 114 Å². The molecular weight excluding hydrogens is 244 g/mol. The van der Waals surface area contributed by atoms with E-state index >= 15 is 0 Å². The van der Waals surface area contributed by atoms with E-state index in [0.717, 1.165) is 17.7 Å². The highest BCUT2D eigenvalue weighted by Crippen LogP contribution is 2.34. The monoisotopic (exact) mass is 266 g/mol. The van der Waals surface area contributed by atoms with Crippen LogP contribution in [0.3, 0.4) is 0 Å². The average Bonchev–Trinajstić information content (AvgIpc) is 2.36. The number of hydrogen-bond donors (Lipinski definition) is 2. The van der Waals surface area contributed by atoms with Crippen LogP contribution in [-0.2, 0) is 4.79 Å². The van der Waals surface area contributed by atoms with Crippen molar-refractivity contribution in [2.24, 2.45) is 5.41 Å². The molecule has 19 heavy (non-hydrogen) atoms. The smallest absolute Gasteiger partial charge is 0.323 e. The van der Waals surface area contributed by atoms with E-state index in [0.29, 0.717) is 6.54 Å². The molecule has 2 N–H and O–H groups in total. The van der Waals surface area contributed by atoms with E-state index in [9.17, 15) is 9.59 Å². The van der Waals surface area contributed by atoms with Gasteiger partial charge in [0.2, 0.25) is 0 Å². The Morgan fingerprint density at radius 1 is 1.37 bits per heavy atom. The van der Waals surface area contributed by atoms with Crippen LogP contribution in [0.1, 0.15) is 39.0 Å². The predicted octanol–water partition coefficient (Wildman–Crippen LogP) is 1.69. The van der Waals surface area contributed by atoms with E-state index < -0.39 is 12.0 Å². The first-order valence-electron chi connectivity index (χ1n) is 6.65. The third-order valence-electron chi connectivity index (χ3n) is 3.62. The summed E-state index contributed by atoms with van der Waals surface area (Å²) in [6.07, 6.45) is 11.0. The van der Waals surface area contributed by atoms with E-state index in [2.05, 4.69) is 18.2 Å². The van der Waals surface area contributed by atoms with Gasteiger partial charge in [-0.3, -0.25) is 4.79 Å². The van der Waals surface area contributed by atoms with Gasteiger partial charge in [0, 0.05) is 6.54 Å². The van der Waals surface area contributed by atoms with Gasteiger partial charge in [-0.05, 0) is 18.3 Å². The second kappa shape index (κ2) is 7.03. The molecule has 1 aliphatic carbocycles. The number of nitrogens with zero attached hydrogens (tertiary/aromatic N) is 1. The SMILES string of the molecule is C#CCN(CC(=O)O)C(=O)NCC1(C)CCCCC1. The molecule has 1 aliphatic rings. The maximum atomic E-state index is 11.9. The molecule has 0 unspecified atom stereocenters. The van der Waals surface area contributed by atoms with Gasteiger partial charge in [-0.25, -0.2) is 4.79 Å². The van der Waals surface area contributed by atoms with Crippen molar-refractivity contribution in [3.8, 4) is 12.3 Å². The van der Waals surface area contributed by atoms with Crippen LogP contribution in [0.5, 0.6) is 0 Å². The molecule has 2 amide bonds. The molecule has 1 fully saturated rings. The summed E-state index contributed by atoms with van der Waals surface area (Å²) >= 11 is 0. The van der Waals surface area contributed by atoms with Gasteiger partial charge in [0.25, 0.3) is 0 Å². The average molecular weight is 266 g/mol. The van der Waals surface area contributed by atoms with Crippen molar-refractivity contribution in [2.45, 2.75) is 39.0 Å². The number of hydrogen-bond acceptors (Lipinski definition) is 2. The van der Waals surface area contributed by atoms with Crippen molar-refractivity contribution < 1.29 is 14.7 Å². The third kappa shape index (κ3) is 5.21. The van der Waals surface area contributed by atoms with Gasteiger partial charge in [0.1, 0.15) is 6.54 Å². The van der Waals surface area contributed by atoms with Crippen LogP contribution in [0.15, 0.2) is 0 Å². The normalized spacial score (nSPS) is 17.3. The molecule has 0 atom stereocenters. The molecule has 0 aromatic rings. The van der Waals surface area contributed by atoms with Gasteiger partial charge in [-0.15, -0.1) is 6.42 Å². The molecule has 0 aromatic carbocycles. The maximum absolute atomic E-state index is 11.9. The zero-order valence-corrected chi connectivity index (χ0v) is 11.4. The number of carbonyl (C=O) groups excluding carboxylic acids is 1. The molecule has 0 aromatic heterocycles. The van der Waals surface area contributed by atoms with Crippen LogP contribution >= 0.6 is 0 Å². The predicted molar refractivity (Wildman–Crippen MR) is 72.6 cm³/mol. The minimum atomic E-state index is -1.06. The zero-order chi connectivity index (χ0) is 14.3. The van der Waals surface area contributed by atoms with E-state index in [4.69, 9.17) is 11.5 Å². The van der Waals surface area contributed by atoms with E-state index in [1.54, 1.807) is 0 Å². The quantitative estimate of drug-likeness (QED) is 0.744. The van der Waals surface area contributed by atoms with Crippen molar-refractivity contribution in [2.75, 3.05) is 19.6 Å². The highest BCUT2D eigenvalue weighted by atomic mass is 16.4. The van der Waals surface area contributed by atoms with E-state index in [1.807, 2.05) is 0 Å². The number of terminal acetylenes is 1. The molecule has 5 heteroatoms. The molecule has 0 bridgehead atoms. The lowest BCUT2D eigenvalue weighted by atomic mass is 9.76. The Kier molecular flexibility index (Phi) is 5.68. The fourth-order valence-electron chi connectivity index (χ4n) is 2.46. The summed E-state index contributed by atoms with van der Waals surface area (Å²) in [4.78, 5) is 23.7. The molecule has 1 rings (SSSR count). The molecular formula is C14H22N2O3. The summed E-state index contributed by atoms with van der Waals surface area (Å²) in [7, 11) is 0. The van der Waals surface area contributed by atoms with Crippen molar-refractivity contribution in [1.82, 2.24) is 10.2 Å². The number of carboxylic acid groups (broad SMARTS) is 1. The highest BCUT2D eigenvalue weighted by Gasteiger charge is 2.28. The summed E-state index contributed by atoms with van der Waals surface area (Å²) in [5.41, 5.74) is 0.124. The largest absolute Gasteiger partial charge is 0.480 e. The van der Waals surface area contributed by atoms with E-state index in [1.165, 1.54) is 19.3 Å². The number of urea groups is 1. The number of aliphatic carboxylic acids is 1. The van der Waals surface area contributed by atoms with Crippen molar-refractivity contribution in [3.63, 3.8) is 0 Å². The van der Waals surface area contributed by atoms with Gasteiger partial charge in [0.05, 0.1) is 6.54 Å². The minimum Gasteiger partial charge on any atom is -0.480 e. The maximum Gasteiger partial charge on any atom is 0.323 e. The number of carbonyl (C=O) groups is 2. The fraction of sp³-hybridized carbons (Fsp3) is 0.714. The lowest BCUT2D eigenvalue weighted by Crippen LogP contribution is -2.46. The topological polar surface area (TPSA) is 69.6 Å². The molecule has 0 radical (unpaired) electrons. The molecule has 106 valence electrons. The van der Waals surface area contributed by atoms with Crippen LogP contribution in [-0.4, -0.2) is 41.6 Å². The van der Waals surface area contributed by atoms with Crippen LogP contribution < -0.4 is 5.32 Å². The molecule has 0 spiro atoms. The highest BCUT2D eigenvalue weighted by molar-refractivity contribution is 5.80. The first-order chi connectivity index (χ1) is 8.97. The standard InChI is InChI=1S/C14H22N2O3/c1-3-9-16(10-12(17)18)13(19)15-11-14(2)7-5-4-6-8-14/h1H,4-11H2,2H3,(H,15,19)(H,17,18). The van der Waals surface area contributed by atoms with Crippen molar-refractivity contribution in [3.05, 3.63) is 0 Å². The fourth-order valence-corrected chi connectivity index (χ4v) is 2.46. The van der Waals surface area contributed by atoms with Gasteiger partial charge in [0.15, 0.2) is 0 Å². The van der Waals surface area contributed by atoms with Crippen molar-refractivity contribution in [1.29, 1.82) is 0 Å². The lowest BCUT2D eigenvalue weighted by molar-refractivity contribution is -0.137. The molecule has 0 aliphatic heterocycles. The summed E-state index contributed by atoms with van der Waals surface area (Å²) in [5.74, 6) is 1.24. The van der Waals surface area contributed by atoms with Gasteiger partial charge in [-0.1, -0.05) is 32.1 Å². The third-order valence-corrected chi connectivity index (χ3v) is 3.62. The summed E-state index contributed by atoms with van der Waals surface area (Å²) in [6.45, 7) is 2.38. The van der Waals surface area contributed by atoms with Crippen LogP contribution in [0.4, 0.5) is 4.79 Å². The Bertz CT molecular complexity index is 367. The molecule has 1 saturated carbocycles. The number of carboxylic acids is 1. The van der Waals surface area contributed by atoms with Crippen molar-refractivity contribution >= 4 is 12.0 Å². The number of amides is 2. The minimum absolute atomic E-state index is 0.00878. The first-order valence-corrected chi connectivity index (χ1v) is 6.65. The summed E-state index contributed by atoms with van der Waals surface area (Å²) in [5, 5.41) is 11.5. The molecule has 5 nitrogen and oxygen atoms in total. The molecule has 0 saturated heterocycles. The number of nitrogens with one attached hydrogen (secondary N) is 1. The first kappa shape index (κ1) is 15.4. The Morgan fingerprint density at radius 2 is 2.00 bits per heavy atom. The lowest BCUT2D eigenvalue weighted by Gasteiger charge is -2.34. The Hall–Kier alpha value is -1.70. The second-order valence-corrected chi connectivity index (χ2v) is 5.48. The van der Waals surface area contributed by atoms with Crippen LogP contribution in [0, 0.1) is 17.8 Å². The van der Waals surface area contributed by atoms with Gasteiger partial charge >= 0.3 is 12.0 Å². The van der Waals surface area contributed by atoms with Gasteiger partial charge < -0.3 is 15.3 Å². The Balaban J connectivity index is 2.47.